The molecule has 0 bridgehead atoms. The number of benzene rings is 1. The highest BCUT2D eigenvalue weighted by Gasteiger charge is 2.04. The van der Waals surface area contributed by atoms with Crippen molar-refractivity contribution < 1.29 is 9.15 Å². The van der Waals surface area contributed by atoms with Crippen LogP contribution in [0, 0.1) is 0 Å². The highest BCUT2D eigenvalue weighted by Crippen LogP contribution is 2.24. The van der Waals surface area contributed by atoms with Gasteiger partial charge in [-0.15, -0.1) is 0 Å². The van der Waals surface area contributed by atoms with Gasteiger partial charge in [-0.25, -0.2) is 0 Å². The molecule has 16 heavy (non-hydrogen) atoms. The average Bonchev–Trinajstić information content (AvgIpc) is 2.68. The minimum absolute atomic E-state index is 0.688. The minimum atomic E-state index is 0.688. The van der Waals surface area contributed by atoms with Gasteiger partial charge in [0.1, 0.15) is 17.1 Å². The van der Waals surface area contributed by atoms with Crippen molar-refractivity contribution in [1.29, 1.82) is 0 Å². The molecule has 0 aliphatic heterocycles. The summed E-state index contributed by atoms with van der Waals surface area (Å²) in [6, 6.07) is 7.96. The molecular weight excluding hydrogens is 202 g/mol. The van der Waals surface area contributed by atoms with Gasteiger partial charge in [0.05, 0.1) is 13.2 Å². The van der Waals surface area contributed by atoms with Crippen molar-refractivity contribution in [1.82, 2.24) is 5.32 Å². The Hall–Kier alpha value is -1.48. The van der Waals surface area contributed by atoms with E-state index < -0.39 is 0 Å². The highest BCUT2D eigenvalue weighted by molar-refractivity contribution is 5.79. The first kappa shape index (κ1) is 11.0. The van der Waals surface area contributed by atoms with Gasteiger partial charge < -0.3 is 14.5 Å². The van der Waals surface area contributed by atoms with Crippen molar-refractivity contribution in [2.24, 2.45) is 0 Å². The van der Waals surface area contributed by atoms with Gasteiger partial charge in [-0.1, -0.05) is 6.92 Å². The van der Waals surface area contributed by atoms with Crippen molar-refractivity contribution in [3.63, 3.8) is 0 Å². The summed E-state index contributed by atoms with van der Waals surface area (Å²) < 4.78 is 11.1. The van der Waals surface area contributed by atoms with Crippen molar-refractivity contribution in [2.75, 3.05) is 13.2 Å². The number of hydrogen-bond acceptors (Lipinski definition) is 3. The molecule has 0 unspecified atom stereocenters. The Kier molecular flexibility index (Phi) is 3.47. The summed E-state index contributed by atoms with van der Waals surface area (Å²) in [5, 5.41) is 4.34. The van der Waals surface area contributed by atoms with Crippen molar-refractivity contribution in [3.05, 3.63) is 30.0 Å². The molecule has 0 aliphatic carbocycles. The zero-order chi connectivity index (χ0) is 11.4. The SMILES string of the molecule is CCNCc1cc2cc(OCC)ccc2o1. The first-order valence-electron chi connectivity index (χ1n) is 5.69. The van der Waals surface area contributed by atoms with Gasteiger partial charge in [-0.05, 0) is 37.7 Å². The lowest BCUT2D eigenvalue weighted by molar-refractivity contribution is 0.340. The third-order valence-electron chi connectivity index (χ3n) is 2.40. The van der Waals surface area contributed by atoms with E-state index in [9.17, 15) is 0 Å². The Morgan fingerprint density at radius 2 is 2.12 bits per heavy atom. The second kappa shape index (κ2) is 5.03. The van der Waals surface area contributed by atoms with Gasteiger partial charge >= 0.3 is 0 Å². The van der Waals surface area contributed by atoms with E-state index in [4.69, 9.17) is 9.15 Å². The van der Waals surface area contributed by atoms with E-state index in [0.717, 1.165) is 35.6 Å². The number of ether oxygens (including phenoxy) is 1. The number of nitrogens with one attached hydrogen (secondary N) is 1. The molecule has 0 aliphatic rings. The third-order valence-corrected chi connectivity index (χ3v) is 2.40. The van der Waals surface area contributed by atoms with Crippen molar-refractivity contribution in [2.45, 2.75) is 20.4 Å². The maximum Gasteiger partial charge on any atom is 0.134 e. The molecule has 3 nitrogen and oxygen atoms in total. The smallest absolute Gasteiger partial charge is 0.134 e. The number of rotatable bonds is 5. The Balaban J connectivity index is 2.23. The Morgan fingerprint density at radius 1 is 1.25 bits per heavy atom. The summed E-state index contributed by atoms with van der Waals surface area (Å²) in [5.74, 6) is 1.86. The van der Waals surface area contributed by atoms with Gasteiger partial charge in [0.25, 0.3) is 0 Å². The molecule has 0 saturated carbocycles. The first-order chi connectivity index (χ1) is 7.83. The first-order valence-corrected chi connectivity index (χ1v) is 5.69. The third kappa shape index (κ3) is 2.36. The Morgan fingerprint density at radius 3 is 2.88 bits per heavy atom. The van der Waals surface area contributed by atoms with E-state index in [1.807, 2.05) is 25.1 Å². The molecule has 2 aromatic rings. The molecular formula is C13H17NO2. The predicted molar refractivity (Wildman–Crippen MR) is 64.8 cm³/mol. The monoisotopic (exact) mass is 219 g/mol. The molecule has 1 N–H and O–H groups in total. The molecule has 0 atom stereocenters. The highest BCUT2D eigenvalue weighted by atomic mass is 16.5. The van der Waals surface area contributed by atoms with Crippen LogP contribution in [0.15, 0.2) is 28.7 Å². The number of furan rings is 1. The summed E-state index contributed by atoms with van der Waals surface area (Å²) in [5.41, 5.74) is 0.913. The summed E-state index contributed by atoms with van der Waals surface area (Å²) >= 11 is 0. The van der Waals surface area contributed by atoms with Crippen LogP contribution in [0.25, 0.3) is 11.0 Å². The summed E-state index contributed by atoms with van der Waals surface area (Å²) in [6.45, 7) is 6.47. The largest absolute Gasteiger partial charge is 0.494 e. The van der Waals surface area contributed by atoms with Crippen LogP contribution in [0.1, 0.15) is 19.6 Å². The summed E-state index contributed by atoms with van der Waals surface area (Å²) in [7, 11) is 0. The van der Waals surface area contributed by atoms with E-state index in [2.05, 4.69) is 18.3 Å². The van der Waals surface area contributed by atoms with E-state index in [-0.39, 0.29) is 0 Å². The molecule has 3 heteroatoms. The molecule has 1 aromatic heterocycles. The molecule has 0 amide bonds. The quantitative estimate of drug-likeness (QED) is 0.839. The maximum atomic E-state index is 5.69. The molecule has 86 valence electrons. The van der Waals surface area contributed by atoms with E-state index in [0.29, 0.717) is 6.61 Å². The van der Waals surface area contributed by atoms with Gasteiger partial charge in [-0.3, -0.25) is 0 Å². The van der Waals surface area contributed by atoms with Gasteiger partial charge in [-0.2, -0.15) is 0 Å². The van der Waals surface area contributed by atoms with Crippen LogP contribution in [-0.4, -0.2) is 13.2 Å². The molecule has 1 aromatic carbocycles. The van der Waals surface area contributed by atoms with Crippen LogP contribution in [0.5, 0.6) is 5.75 Å². The topological polar surface area (TPSA) is 34.4 Å². The minimum Gasteiger partial charge on any atom is -0.494 e. The lowest BCUT2D eigenvalue weighted by Crippen LogP contribution is -2.10. The van der Waals surface area contributed by atoms with E-state index >= 15 is 0 Å². The fourth-order valence-corrected chi connectivity index (χ4v) is 1.67. The van der Waals surface area contributed by atoms with Crippen LogP contribution in [0.4, 0.5) is 0 Å². The normalized spacial score (nSPS) is 10.9. The molecule has 0 radical (unpaired) electrons. The van der Waals surface area contributed by atoms with Gasteiger partial charge in [0.2, 0.25) is 0 Å². The summed E-state index contributed by atoms with van der Waals surface area (Å²) in [4.78, 5) is 0. The zero-order valence-corrected chi connectivity index (χ0v) is 9.75. The standard InChI is InChI=1S/C13H17NO2/c1-3-14-9-12-8-10-7-11(15-4-2)5-6-13(10)16-12/h5-8,14H,3-4,9H2,1-2H3. The molecule has 2 rings (SSSR count). The number of hydrogen-bond donors (Lipinski definition) is 1. The van der Waals surface area contributed by atoms with Crippen molar-refractivity contribution >= 4 is 11.0 Å². The molecule has 0 saturated heterocycles. The van der Waals surface area contributed by atoms with Gasteiger partial charge in [0, 0.05) is 5.39 Å². The Labute approximate surface area is 95.4 Å². The fraction of sp³-hybridized carbons (Fsp3) is 0.385. The summed E-state index contributed by atoms with van der Waals surface area (Å²) in [6.07, 6.45) is 0. The lowest BCUT2D eigenvalue weighted by Gasteiger charge is -2.00. The predicted octanol–water partition coefficient (Wildman–Crippen LogP) is 2.94. The molecule has 0 fully saturated rings. The second-order valence-electron chi connectivity index (χ2n) is 3.63. The van der Waals surface area contributed by atoms with Crippen LogP contribution < -0.4 is 10.1 Å². The average molecular weight is 219 g/mol. The van der Waals surface area contributed by atoms with Crippen LogP contribution in [0.3, 0.4) is 0 Å². The van der Waals surface area contributed by atoms with E-state index in [1.165, 1.54) is 0 Å². The second-order valence-corrected chi connectivity index (χ2v) is 3.63. The maximum absolute atomic E-state index is 5.69. The van der Waals surface area contributed by atoms with Gasteiger partial charge in [0.15, 0.2) is 0 Å². The van der Waals surface area contributed by atoms with Crippen LogP contribution in [0.2, 0.25) is 0 Å². The van der Waals surface area contributed by atoms with Crippen LogP contribution in [-0.2, 0) is 6.54 Å². The molecule has 1 heterocycles. The molecule has 0 spiro atoms. The fourth-order valence-electron chi connectivity index (χ4n) is 1.67. The van der Waals surface area contributed by atoms with E-state index in [1.54, 1.807) is 0 Å². The van der Waals surface area contributed by atoms with Crippen molar-refractivity contribution in [3.8, 4) is 5.75 Å². The zero-order valence-electron chi connectivity index (χ0n) is 9.75. The van der Waals surface area contributed by atoms with Crippen LogP contribution >= 0.6 is 0 Å². The number of fused-ring (bicyclic) bond motifs is 1. The Bertz CT molecular complexity index is 462. The lowest BCUT2D eigenvalue weighted by atomic mass is 10.2.